The van der Waals surface area contributed by atoms with Gasteiger partial charge in [0.15, 0.2) is 0 Å². The van der Waals surface area contributed by atoms with Crippen molar-refractivity contribution in [2.45, 2.75) is 30.4 Å². The van der Waals surface area contributed by atoms with Crippen LogP contribution in [0.1, 0.15) is 40.3 Å². The summed E-state index contributed by atoms with van der Waals surface area (Å²) in [5, 5.41) is 9.29. The number of piperidine rings is 1. The van der Waals surface area contributed by atoms with Crippen LogP contribution in [0.3, 0.4) is 0 Å². The van der Waals surface area contributed by atoms with Crippen LogP contribution in [0.4, 0.5) is 0 Å². The van der Waals surface area contributed by atoms with Crippen LogP contribution in [0.5, 0.6) is 0 Å². The highest BCUT2D eigenvalue weighted by Gasteiger charge is 2.35. The summed E-state index contributed by atoms with van der Waals surface area (Å²) in [6.45, 7) is 2.48. The molecule has 0 aromatic heterocycles. The molecule has 1 amide bonds. The van der Waals surface area contributed by atoms with Crippen LogP contribution in [0.15, 0.2) is 24.3 Å². The first-order valence-corrected chi connectivity index (χ1v) is 10.0. The van der Waals surface area contributed by atoms with Gasteiger partial charge in [0.1, 0.15) is 0 Å². The predicted octanol–water partition coefficient (Wildman–Crippen LogP) is 3.49. The van der Waals surface area contributed by atoms with Gasteiger partial charge >= 0.3 is 5.97 Å². The molecule has 1 N–H and O–H groups in total. The summed E-state index contributed by atoms with van der Waals surface area (Å²) in [4.78, 5) is 25.8. The van der Waals surface area contributed by atoms with Crippen LogP contribution in [0.25, 0.3) is 0 Å². The summed E-state index contributed by atoms with van der Waals surface area (Å²) < 4.78 is 0.476. The second-order valence-electron chi connectivity index (χ2n) is 6.02. The van der Waals surface area contributed by atoms with E-state index in [4.69, 9.17) is 0 Å². The number of carbonyl (C=O) groups excluding carboxylic acids is 1. The number of benzene rings is 1. The van der Waals surface area contributed by atoms with E-state index in [0.717, 1.165) is 6.42 Å². The lowest BCUT2D eigenvalue weighted by Crippen LogP contribution is -2.49. The Morgan fingerprint density at radius 2 is 1.83 bits per heavy atom. The normalized spacial score (nSPS) is 25.5. The average molecular weight is 351 g/mol. The zero-order chi connectivity index (χ0) is 16.4. The van der Waals surface area contributed by atoms with Crippen LogP contribution in [-0.2, 0) is 4.79 Å². The number of thioether (sulfide) groups is 2. The zero-order valence-corrected chi connectivity index (χ0v) is 14.7. The van der Waals surface area contributed by atoms with Crippen LogP contribution >= 0.6 is 23.5 Å². The zero-order valence-electron chi connectivity index (χ0n) is 13.1. The maximum atomic E-state index is 12.7. The lowest BCUT2D eigenvalue weighted by molar-refractivity contribution is -0.144. The van der Waals surface area contributed by atoms with E-state index in [1.165, 1.54) is 17.1 Å². The van der Waals surface area contributed by atoms with Gasteiger partial charge in [-0.3, -0.25) is 9.59 Å². The molecule has 0 unspecified atom stereocenters. The summed E-state index contributed by atoms with van der Waals surface area (Å²) in [6.07, 6.45) is 1.40. The van der Waals surface area contributed by atoms with E-state index in [0.29, 0.717) is 23.1 Å². The number of rotatable bonds is 3. The molecule has 2 fully saturated rings. The number of nitrogens with zero attached hydrogens (tertiary/aromatic N) is 1. The van der Waals surface area contributed by atoms with Crippen molar-refractivity contribution in [3.05, 3.63) is 35.4 Å². The summed E-state index contributed by atoms with van der Waals surface area (Å²) in [7, 11) is 0. The van der Waals surface area contributed by atoms with E-state index in [1.54, 1.807) is 4.90 Å². The first-order valence-electron chi connectivity index (χ1n) is 7.95. The third-order valence-electron chi connectivity index (χ3n) is 4.62. The molecule has 3 rings (SSSR count). The molecule has 0 saturated carbocycles. The Morgan fingerprint density at radius 3 is 2.43 bits per heavy atom. The number of amides is 1. The summed E-state index contributed by atoms with van der Waals surface area (Å²) in [6, 6.07) is 7.58. The molecule has 0 spiro atoms. The van der Waals surface area contributed by atoms with Crippen LogP contribution in [0, 0.1) is 5.92 Å². The predicted molar refractivity (Wildman–Crippen MR) is 95.0 cm³/mol. The number of carboxylic acid groups (broad SMARTS) is 1. The molecule has 1 aromatic carbocycles. The Bertz CT molecular complexity index is 584. The Balaban J connectivity index is 1.73. The van der Waals surface area contributed by atoms with Crippen molar-refractivity contribution in [1.82, 2.24) is 4.90 Å². The van der Waals surface area contributed by atoms with Gasteiger partial charge in [-0.15, -0.1) is 23.5 Å². The molecule has 2 heterocycles. The molecule has 23 heavy (non-hydrogen) atoms. The highest BCUT2D eigenvalue weighted by molar-refractivity contribution is 8.19. The molecular formula is C17H21NO3S2. The van der Waals surface area contributed by atoms with Gasteiger partial charge < -0.3 is 10.0 Å². The SMILES string of the molecule is C[C@@H]1[C@H](C(=O)O)CCCN1C(=O)c1ccc(C2SCCS2)cc1. The van der Waals surface area contributed by atoms with Gasteiger partial charge in [-0.25, -0.2) is 0 Å². The van der Waals surface area contributed by atoms with E-state index < -0.39 is 11.9 Å². The standard InChI is InChI=1S/C17H21NO3S2/c1-11-14(16(20)21)3-2-8-18(11)15(19)12-4-6-13(7-5-12)17-22-9-10-23-17/h4-7,11,14,17H,2-3,8-10H2,1H3,(H,20,21)/t11-,14-/m1/s1. The van der Waals surface area contributed by atoms with Gasteiger partial charge in [-0.05, 0) is 37.5 Å². The number of likely N-dealkylation sites (tertiary alicyclic amines) is 1. The quantitative estimate of drug-likeness (QED) is 0.903. The van der Waals surface area contributed by atoms with E-state index in [2.05, 4.69) is 0 Å². The number of hydrogen-bond donors (Lipinski definition) is 1. The summed E-state index contributed by atoms with van der Waals surface area (Å²) >= 11 is 3.89. The number of carboxylic acids is 1. The minimum atomic E-state index is -0.805. The maximum Gasteiger partial charge on any atom is 0.308 e. The van der Waals surface area contributed by atoms with Gasteiger partial charge in [0.25, 0.3) is 5.91 Å². The average Bonchev–Trinajstić information content (AvgIpc) is 3.09. The lowest BCUT2D eigenvalue weighted by atomic mass is 9.90. The minimum Gasteiger partial charge on any atom is -0.481 e. The van der Waals surface area contributed by atoms with Gasteiger partial charge in [-0.2, -0.15) is 0 Å². The Kier molecular flexibility index (Phi) is 5.21. The van der Waals surface area contributed by atoms with Crippen molar-refractivity contribution >= 4 is 35.4 Å². The highest BCUT2D eigenvalue weighted by atomic mass is 32.2. The van der Waals surface area contributed by atoms with Gasteiger partial charge in [-0.1, -0.05) is 12.1 Å². The van der Waals surface area contributed by atoms with Crippen LogP contribution < -0.4 is 0 Å². The fourth-order valence-electron chi connectivity index (χ4n) is 3.26. The van der Waals surface area contributed by atoms with E-state index in [9.17, 15) is 14.7 Å². The third kappa shape index (κ3) is 3.53. The Morgan fingerprint density at radius 1 is 1.17 bits per heavy atom. The largest absolute Gasteiger partial charge is 0.481 e. The monoisotopic (exact) mass is 351 g/mol. The van der Waals surface area contributed by atoms with E-state index in [1.807, 2.05) is 54.7 Å². The molecule has 6 heteroatoms. The fourth-order valence-corrected chi connectivity index (χ4v) is 6.12. The maximum absolute atomic E-state index is 12.7. The van der Waals surface area contributed by atoms with Crippen molar-refractivity contribution < 1.29 is 14.7 Å². The van der Waals surface area contributed by atoms with Gasteiger partial charge in [0, 0.05) is 29.7 Å². The molecule has 0 bridgehead atoms. The van der Waals surface area contributed by atoms with Crippen molar-refractivity contribution in [1.29, 1.82) is 0 Å². The topological polar surface area (TPSA) is 57.6 Å². The van der Waals surface area contributed by atoms with Crippen molar-refractivity contribution in [3.63, 3.8) is 0 Å². The molecule has 2 aliphatic rings. The molecule has 4 nitrogen and oxygen atoms in total. The fraction of sp³-hybridized carbons (Fsp3) is 0.529. The van der Waals surface area contributed by atoms with Crippen molar-refractivity contribution in [2.75, 3.05) is 18.1 Å². The smallest absolute Gasteiger partial charge is 0.308 e. The van der Waals surface area contributed by atoms with Crippen LogP contribution in [-0.4, -0.2) is 46.0 Å². The van der Waals surface area contributed by atoms with Crippen molar-refractivity contribution in [3.8, 4) is 0 Å². The first kappa shape index (κ1) is 16.7. The highest BCUT2D eigenvalue weighted by Crippen LogP contribution is 2.45. The summed E-state index contributed by atoms with van der Waals surface area (Å²) in [5.41, 5.74) is 1.91. The number of hydrogen-bond acceptors (Lipinski definition) is 4. The van der Waals surface area contributed by atoms with Gasteiger partial charge in [0.05, 0.1) is 10.5 Å². The first-order chi connectivity index (χ1) is 11.1. The molecular weight excluding hydrogens is 330 g/mol. The molecule has 2 atom stereocenters. The number of carbonyl (C=O) groups is 2. The third-order valence-corrected chi connectivity index (χ3v) is 7.72. The number of aliphatic carboxylic acids is 1. The minimum absolute atomic E-state index is 0.0540. The Hall–Kier alpha value is -1.14. The van der Waals surface area contributed by atoms with Crippen LogP contribution in [0.2, 0.25) is 0 Å². The second-order valence-corrected chi connectivity index (χ2v) is 8.75. The lowest BCUT2D eigenvalue weighted by Gasteiger charge is -2.37. The van der Waals surface area contributed by atoms with Gasteiger partial charge in [0.2, 0.25) is 0 Å². The molecule has 0 aliphatic carbocycles. The molecule has 1 aromatic rings. The second kappa shape index (κ2) is 7.18. The summed E-state index contributed by atoms with van der Waals surface area (Å²) in [5.74, 6) is 1.04. The molecule has 124 valence electrons. The Labute approximate surface area is 145 Å². The van der Waals surface area contributed by atoms with E-state index in [-0.39, 0.29) is 11.9 Å². The van der Waals surface area contributed by atoms with E-state index >= 15 is 0 Å². The molecule has 2 saturated heterocycles. The molecule has 0 radical (unpaired) electrons. The van der Waals surface area contributed by atoms with Crippen molar-refractivity contribution in [2.24, 2.45) is 5.92 Å². The molecule has 2 aliphatic heterocycles.